The molecule has 1 aromatic heterocycles. The van der Waals surface area contributed by atoms with E-state index in [-0.39, 0.29) is 23.9 Å². The number of ether oxygens (including phenoxy) is 2. The summed E-state index contributed by atoms with van der Waals surface area (Å²) in [5, 5.41) is 11.2. The summed E-state index contributed by atoms with van der Waals surface area (Å²) in [5.41, 5.74) is -1.94. The fourth-order valence-corrected chi connectivity index (χ4v) is 6.09. The molecule has 1 saturated carbocycles. The first-order valence-corrected chi connectivity index (χ1v) is 9.14. The van der Waals surface area contributed by atoms with Crippen molar-refractivity contribution in [2.75, 3.05) is 0 Å². The summed E-state index contributed by atoms with van der Waals surface area (Å²) in [5.74, 6) is -1.28. The van der Waals surface area contributed by atoms with E-state index in [4.69, 9.17) is 13.9 Å². The van der Waals surface area contributed by atoms with Crippen molar-refractivity contribution >= 4 is 11.9 Å². The lowest BCUT2D eigenvalue weighted by Crippen LogP contribution is -2.65. The van der Waals surface area contributed by atoms with Gasteiger partial charge in [-0.15, -0.1) is 0 Å². The highest BCUT2D eigenvalue weighted by molar-refractivity contribution is 5.87. The van der Waals surface area contributed by atoms with E-state index in [2.05, 4.69) is 6.92 Å². The van der Waals surface area contributed by atoms with Crippen molar-refractivity contribution < 1.29 is 28.6 Å². The Hall–Kier alpha value is -2.08. The van der Waals surface area contributed by atoms with Crippen molar-refractivity contribution in [3.8, 4) is 0 Å². The standard InChI is InChI=1S/C20H22O6/c1-18-9-13(11-5-7-24-10-11)25-16(21)12(18)8-15-19(2)14(18)4-3-6-20(19,23)17(22)26-15/h3,5-7,10,12-15,23H,4,8-9H2,1-2H3/t12-,13-,14+,15+,18-,19+,20-/m0/s1. The summed E-state index contributed by atoms with van der Waals surface area (Å²) in [4.78, 5) is 25.3. The molecule has 0 bridgehead atoms. The van der Waals surface area contributed by atoms with E-state index >= 15 is 0 Å². The molecule has 1 N–H and O–H groups in total. The average molecular weight is 358 g/mol. The minimum absolute atomic E-state index is 0.0672. The van der Waals surface area contributed by atoms with Crippen LogP contribution in [0.2, 0.25) is 0 Å². The second-order valence-corrected chi connectivity index (χ2v) is 8.61. The maximum atomic E-state index is 12.9. The number of aliphatic hydroxyl groups is 1. The summed E-state index contributed by atoms with van der Waals surface area (Å²) in [6, 6.07) is 1.81. The number of hydrogen-bond acceptors (Lipinski definition) is 6. The van der Waals surface area contributed by atoms with Gasteiger partial charge in [-0.1, -0.05) is 19.9 Å². The molecule has 3 fully saturated rings. The normalized spacial score (nSPS) is 49.2. The third-order valence-electron chi connectivity index (χ3n) is 7.63. The van der Waals surface area contributed by atoms with Gasteiger partial charge in [-0.25, -0.2) is 4.79 Å². The largest absolute Gasteiger partial charge is 0.472 e. The first-order chi connectivity index (χ1) is 12.3. The highest BCUT2D eigenvalue weighted by Gasteiger charge is 2.75. The molecule has 5 rings (SSSR count). The van der Waals surface area contributed by atoms with Crippen LogP contribution in [0.5, 0.6) is 0 Å². The van der Waals surface area contributed by atoms with E-state index in [1.54, 1.807) is 18.6 Å². The topological polar surface area (TPSA) is 86.0 Å². The maximum Gasteiger partial charge on any atom is 0.343 e. The van der Waals surface area contributed by atoms with Gasteiger partial charge < -0.3 is 19.0 Å². The van der Waals surface area contributed by atoms with Gasteiger partial charge in [-0.05, 0) is 42.7 Å². The predicted octanol–water partition coefficient (Wildman–Crippen LogP) is 2.53. The van der Waals surface area contributed by atoms with Gasteiger partial charge >= 0.3 is 11.9 Å². The zero-order valence-corrected chi connectivity index (χ0v) is 14.8. The van der Waals surface area contributed by atoms with Gasteiger partial charge in [0.2, 0.25) is 0 Å². The molecule has 6 nitrogen and oxygen atoms in total. The van der Waals surface area contributed by atoms with E-state index in [9.17, 15) is 14.7 Å². The Labute approximate surface area is 151 Å². The number of carbonyl (C=O) groups is 2. The number of rotatable bonds is 1. The van der Waals surface area contributed by atoms with Crippen LogP contribution in [-0.2, 0) is 19.1 Å². The molecule has 3 heterocycles. The fraction of sp³-hybridized carbons (Fsp3) is 0.600. The van der Waals surface area contributed by atoms with E-state index in [0.29, 0.717) is 19.3 Å². The Morgan fingerprint density at radius 3 is 2.77 bits per heavy atom. The van der Waals surface area contributed by atoms with Gasteiger partial charge in [0.15, 0.2) is 5.60 Å². The van der Waals surface area contributed by atoms with E-state index in [1.807, 2.05) is 19.1 Å². The summed E-state index contributed by atoms with van der Waals surface area (Å²) in [6.07, 6.45) is 7.49. The first-order valence-electron chi connectivity index (χ1n) is 9.14. The maximum absolute atomic E-state index is 12.9. The molecule has 138 valence electrons. The molecule has 2 aliphatic carbocycles. The second-order valence-electron chi connectivity index (χ2n) is 8.61. The van der Waals surface area contributed by atoms with Crippen molar-refractivity contribution in [3.05, 3.63) is 36.3 Å². The number of furan rings is 1. The summed E-state index contributed by atoms with van der Waals surface area (Å²) < 4.78 is 16.4. The SMILES string of the molecule is C[C@]12C[C@@H](c3ccoc3)OC(=O)[C@@H]1C[C@H]1OC(=O)[C@@]3(O)C=CC[C@H]2[C@]13C. The van der Waals surface area contributed by atoms with Crippen LogP contribution in [0.15, 0.2) is 35.2 Å². The number of carbonyl (C=O) groups excluding carboxylic acids is 2. The van der Waals surface area contributed by atoms with Crippen LogP contribution in [0.1, 0.15) is 44.8 Å². The Morgan fingerprint density at radius 1 is 1.23 bits per heavy atom. The number of cyclic esters (lactones) is 1. The summed E-state index contributed by atoms with van der Waals surface area (Å²) in [7, 11) is 0. The second kappa shape index (κ2) is 4.80. The molecule has 0 unspecified atom stereocenters. The summed E-state index contributed by atoms with van der Waals surface area (Å²) in [6.45, 7) is 4.03. The molecule has 26 heavy (non-hydrogen) atoms. The molecular formula is C20H22O6. The van der Waals surface area contributed by atoms with Crippen LogP contribution < -0.4 is 0 Å². The van der Waals surface area contributed by atoms with Crippen LogP contribution in [0.4, 0.5) is 0 Å². The fourth-order valence-electron chi connectivity index (χ4n) is 6.09. The van der Waals surface area contributed by atoms with Gasteiger partial charge in [0.25, 0.3) is 0 Å². The highest BCUT2D eigenvalue weighted by Crippen LogP contribution is 2.68. The molecule has 6 heteroatoms. The third-order valence-corrected chi connectivity index (χ3v) is 7.63. The lowest BCUT2D eigenvalue weighted by atomic mass is 9.43. The third kappa shape index (κ3) is 1.66. The van der Waals surface area contributed by atoms with E-state index in [0.717, 1.165) is 5.56 Å². The Kier molecular flexibility index (Phi) is 2.97. The first kappa shape index (κ1) is 16.1. The van der Waals surface area contributed by atoms with Crippen LogP contribution in [-0.4, -0.2) is 28.8 Å². The minimum atomic E-state index is -1.62. The lowest BCUT2D eigenvalue weighted by Gasteiger charge is -2.60. The van der Waals surface area contributed by atoms with Crippen molar-refractivity contribution in [2.45, 2.75) is 50.9 Å². The Bertz CT molecular complexity index is 812. The van der Waals surface area contributed by atoms with Crippen LogP contribution in [0, 0.1) is 22.7 Å². The Balaban J connectivity index is 1.62. The van der Waals surface area contributed by atoms with Crippen molar-refractivity contribution in [2.24, 2.45) is 22.7 Å². The van der Waals surface area contributed by atoms with E-state index in [1.165, 1.54) is 0 Å². The zero-order chi connectivity index (χ0) is 18.3. The predicted molar refractivity (Wildman–Crippen MR) is 88.6 cm³/mol. The molecule has 0 aromatic carbocycles. The molecule has 1 aromatic rings. The van der Waals surface area contributed by atoms with Gasteiger partial charge in [0.1, 0.15) is 12.2 Å². The van der Waals surface area contributed by atoms with Crippen molar-refractivity contribution in [3.63, 3.8) is 0 Å². The van der Waals surface area contributed by atoms with Gasteiger partial charge in [-0.3, -0.25) is 4.79 Å². The van der Waals surface area contributed by atoms with Crippen LogP contribution in [0.25, 0.3) is 0 Å². The molecule has 0 radical (unpaired) electrons. The molecule has 2 saturated heterocycles. The van der Waals surface area contributed by atoms with Gasteiger partial charge in [0.05, 0.1) is 23.9 Å². The van der Waals surface area contributed by atoms with E-state index < -0.39 is 28.5 Å². The quantitative estimate of drug-likeness (QED) is 0.613. The van der Waals surface area contributed by atoms with Gasteiger partial charge in [0, 0.05) is 5.56 Å². The molecule has 7 atom stereocenters. The molecule has 0 amide bonds. The van der Waals surface area contributed by atoms with Crippen molar-refractivity contribution in [1.29, 1.82) is 0 Å². The monoisotopic (exact) mass is 358 g/mol. The lowest BCUT2D eigenvalue weighted by molar-refractivity contribution is -0.212. The minimum Gasteiger partial charge on any atom is -0.472 e. The van der Waals surface area contributed by atoms with Gasteiger partial charge in [-0.2, -0.15) is 0 Å². The average Bonchev–Trinajstić information content (AvgIpc) is 3.18. The summed E-state index contributed by atoms with van der Waals surface area (Å²) >= 11 is 0. The Morgan fingerprint density at radius 2 is 2.04 bits per heavy atom. The highest BCUT2D eigenvalue weighted by atomic mass is 16.6. The van der Waals surface area contributed by atoms with Crippen LogP contribution in [0.3, 0.4) is 0 Å². The van der Waals surface area contributed by atoms with Crippen LogP contribution >= 0.6 is 0 Å². The number of hydrogen-bond donors (Lipinski definition) is 1. The molecular weight excluding hydrogens is 336 g/mol. The number of esters is 2. The van der Waals surface area contributed by atoms with Crippen molar-refractivity contribution in [1.82, 2.24) is 0 Å². The number of fused-ring (bicyclic) bond motifs is 2. The molecule has 2 aliphatic heterocycles. The molecule has 0 spiro atoms. The smallest absolute Gasteiger partial charge is 0.343 e. The zero-order valence-electron chi connectivity index (χ0n) is 14.8. The molecule has 4 aliphatic rings. The number of allylic oxidation sites excluding steroid dienone is 1.